The monoisotopic (exact) mass is 251 g/mol. The standard InChI is InChI=1S/C13H21N3O2/c1-4-14-11-7-10(8-17-2)15-13(16-11)12(18-3)9-5-6-9/h7,9,12H,4-6,8H2,1-3H3,(H,14,15,16). The number of nitrogens with one attached hydrogen (secondary N) is 1. The fraction of sp³-hybridized carbons (Fsp3) is 0.692. The van der Waals surface area contributed by atoms with Gasteiger partial charge in [-0.1, -0.05) is 0 Å². The van der Waals surface area contributed by atoms with Crippen LogP contribution >= 0.6 is 0 Å². The van der Waals surface area contributed by atoms with Gasteiger partial charge in [0.2, 0.25) is 0 Å². The molecule has 1 saturated carbocycles. The van der Waals surface area contributed by atoms with E-state index in [0.717, 1.165) is 23.9 Å². The van der Waals surface area contributed by atoms with Crippen molar-refractivity contribution < 1.29 is 9.47 Å². The van der Waals surface area contributed by atoms with E-state index < -0.39 is 0 Å². The van der Waals surface area contributed by atoms with Gasteiger partial charge < -0.3 is 14.8 Å². The molecule has 1 N–H and O–H groups in total. The van der Waals surface area contributed by atoms with E-state index in [0.29, 0.717) is 12.5 Å². The van der Waals surface area contributed by atoms with Crippen LogP contribution in [0.5, 0.6) is 0 Å². The SMILES string of the molecule is CCNc1cc(COC)nc(C(OC)C2CC2)n1. The Bertz CT molecular complexity index is 370. The highest BCUT2D eigenvalue weighted by Gasteiger charge is 2.34. The van der Waals surface area contributed by atoms with E-state index in [9.17, 15) is 0 Å². The number of aromatic nitrogens is 2. The van der Waals surface area contributed by atoms with E-state index in [-0.39, 0.29) is 6.10 Å². The molecule has 0 radical (unpaired) electrons. The Balaban J connectivity index is 2.25. The summed E-state index contributed by atoms with van der Waals surface area (Å²) in [5.41, 5.74) is 0.890. The van der Waals surface area contributed by atoms with Crippen LogP contribution in [0, 0.1) is 5.92 Å². The molecular weight excluding hydrogens is 230 g/mol. The van der Waals surface area contributed by atoms with Crippen LogP contribution in [0.15, 0.2) is 6.07 Å². The van der Waals surface area contributed by atoms with E-state index in [1.165, 1.54) is 12.8 Å². The molecule has 1 aromatic rings. The van der Waals surface area contributed by atoms with Gasteiger partial charge in [0, 0.05) is 26.8 Å². The summed E-state index contributed by atoms with van der Waals surface area (Å²) in [6.07, 6.45) is 2.42. The molecule has 18 heavy (non-hydrogen) atoms. The predicted molar refractivity (Wildman–Crippen MR) is 69.4 cm³/mol. The molecule has 1 unspecified atom stereocenters. The fourth-order valence-electron chi connectivity index (χ4n) is 2.05. The third-order valence-electron chi connectivity index (χ3n) is 3.01. The highest BCUT2D eigenvalue weighted by molar-refractivity contribution is 5.36. The summed E-state index contributed by atoms with van der Waals surface area (Å²) in [6, 6.07) is 1.93. The average Bonchev–Trinajstić information content (AvgIpc) is 3.15. The summed E-state index contributed by atoms with van der Waals surface area (Å²) in [4.78, 5) is 9.07. The van der Waals surface area contributed by atoms with Gasteiger partial charge in [0.15, 0.2) is 5.82 Å². The molecular formula is C13H21N3O2. The summed E-state index contributed by atoms with van der Waals surface area (Å²) in [5, 5.41) is 3.22. The van der Waals surface area contributed by atoms with Crippen molar-refractivity contribution in [1.29, 1.82) is 0 Å². The van der Waals surface area contributed by atoms with Crippen molar-refractivity contribution in [2.45, 2.75) is 32.5 Å². The Labute approximate surface area is 108 Å². The number of methoxy groups -OCH3 is 2. The van der Waals surface area contributed by atoms with Gasteiger partial charge in [-0.05, 0) is 25.7 Å². The zero-order chi connectivity index (χ0) is 13.0. The first-order valence-electron chi connectivity index (χ1n) is 6.42. The summed E-state index contributed by atoms with van der Waals surface area (Å²) in [5.74, 6) is 2.19. The maximum absolute atomic E-state index is 5.53. The maximum Gasteiger partial charge on any atom is 0.160 e. The summed E-state index contributed by atoms with van der Waals surface area (Å²) in [7, 11) is 3.39. The van der Waals surface area contributed by atoms with Gasteiger partial charge >= 0.3 is 0 Å². The molecule has 5 heteroatoms. The smallest absolute Gasteiger partial charge is 0.160 e. The maximum atomic E-state index is 5.53. The molecule has 5 nitrogen and oxygen atoms in total. The van der Waals surface area contributed by atoms with Crippen molar-refractivity contribution in [2.75, 3.05) is 26.1 Å². The second-order valence-electron chi connectivity index (χ2n) is 4.56. The van der Waals surface area contributed by atoms with Crippen LogP contribution in [0.2, 0.25) is 0 Å². The van der Waals surface area contributed by atoms with Crippen LogP contribution in [0.25, 0.3) is 0 Å². The minimum atomic E-state index is 0.0132. The second-order valence-corrected chi connectivity index (χ2v) is 4.56. The molecule has 1 aromatic heterocycles. The highest BCUT2D eigenvalue weighted by atomic mass is 16.5. The van der Waals surface area contributed by atoms with Gasteiger partial charge in [0.05, 0.1) is 12.3 Å². The molecule has 2 rings (SSSR count). The van der Waals surface area contributed by atoms with Crippen molar-refractivity contribution >= 4 is 5.82 Å². The molecule has 0 saturated heterocycles. The van der Waals surface area contributed by atoms with Crippen molar-refractivity contribution in [3.05, 3.63) is 17.6 Å². The van der Waals surface area contributed by atoms with Gasteiger partial charge in [-0.3, -0.25) is 0 Å². The average molecular weight is 251 g/mol. The first-order chi connectivity index (χ1) is 8.78. The van der Waals surface area contributed by atoms with E-state index in [4.69, 9.17) is 9.47 Å². The molecule has 0 aromatic carbocycles. The first kappa shape index (κ1) is 13.2. The first-order valence-corrected chi connectivity index (χ1v) is 6.42. The Kier molecular flexibility index (Phi) is 4.49. The number of nitrogens with zero attached hydrogens (tertiary/aromatic N) is 2. The van der Waals surface area contributed by atoms with Crippen molar-refractivity contribution in [3.63, 3.8) is 0 Å². The van der Waals surface area contributed by atoms with Gasteiger partial charge in [0.25, 0.3) is 0 Å². The van der Waals surface area contributed by atoms with Crippen LogP contribution in [0.3, 0.4) is 0 Å². The minimum absolute atomic E-state index is 0.0132. The predicted octanol–water partition coefficient (Wildman–Crippen LogP) is 2.15. The van der Waals surface area contributed by atoms with Crippen LogP contribution in [-0.4, -0.2) is 30.7 Å². The molecule has 100 valence electrons. The Morgan fingerprint density at radius 1 is 1.39 bits per heavy atom. The third-order valence-corrected chi connectivity index (χ3v) is 3.01. The van der Waals surface area contributed by atoms with Crippen LogP contribution < -0.4 is 5.32 Å². The normalized spacial score (nSPS) is 16.6. The van der Waals surface area contributed by atoms with Crippen LogP contribution in [0.1, 0.15) is 37.4 Å². The van der Waals surface area contributed by atoms with Crippen LogP contribution in [-0.2, 0) is 16.1 Å². The zero-order valence-electron chi connectivity index (χ0n) is 11.3. The lowest BCUT2D eigenvalue weighted by atomic mass is 10.2. The molecule has 0 bridgehead atoms. The number of anilines is 1. The largest absolute Gasteiger partial charge is 0.378 e. The second kappa shape index (κ2) is 6.11. The molecule has 0 amide bonds. The lowest BCUT2D eigenvalue weighted by Gasteiger charge is -2.15. The van der Waals surface area contributed by atoms with Crippen molar-refractivity contribution in [2.24, 2.45) is 5.92 Å². The molecule has 1 atom stereocenters. The quantitative estimate of drug-likeness (QED) is 0.804. The number of ether oxygens (including phenoxy) is 2. The van der Waals surface area contributed by atoms with E-state index in [1.54, 1.807) is 14.2 Å². The van der Waals surface area contributed by atoms with Crippen molar-refractivity contribution in [1.82, 2.24) is 9.97 Å². The van der Waals surface area contributed by atoms with Gasteiger partial charge in [-0.15, -0.1) is 0 Å². The molecule has 1 aliphatic rings. The number of hydrogen-bond acceptors (Lipinski definition) is 5. The summed E-state index contributed by atoms with van der Waals surface area (Å²) < 4.78 is 10.7. The zero-order valence-corrected chi connectivity index (χ0v) is 11.3. The highest BCUT2D eigenvalue weighted by Crippen LogP contribution is 2.42. The molecule has 0 spiro atoms. The summed E-state index contributed by atoms with van der Waals surface area (Å²) >= 11 is 0. The minimum Gasteiger partial charge on any atom is -0.378 e. The number of hydrogen-bond donors (Lipinski definition) is 1. The fourth-order valence-corrected chi connectivity index (χ4v) is 2.05. The molecule has 1 heterocycles. The molecule has 0 aliphatic heterocycles. The summed E-state index contributed by atoms with van der Waals surface area (Å²) in [6.45, 7) is 3.38. The van der Waals surface area contributed by atoms with Gasteiger partial charge in [-0.25, -0.2) is 9.97 Å². The topological polar surface area (TPSA) is 56.3 Å². The number of rotatable bonds is 7. The Morgan fingerprint density at radius 2 is 2.17 bits per heavy atom. The van der Waals surface area contributed by atoms with E-state index in [1.807, 2.05) is 13.0 Å². The molecule has 1 fully saturated rings. The van der Waals surface area contributed by atoms with Gasteiger partial charge in [-0.2, -0.15) is 0 Å². The van der Waals surface area contributed by atoms with Crippen molar-refractivity contribution in [3.8, 4) is 0 Å². The Hall–Kier alpha value is -1.20. The van der Waals surface area contributed by atoms with E-state index in [2.05, 4.69) is 15.3 Å². The Morgan fingerprint density at radius 3 is 2.72 bits per heavy atom. The van der Waals surface area contributed by atoms with Gasteiger partial charge in [0.1, 0.15) is 11.9 Å². The lowest BCUT2D eigenvalue weighted by molar-refractivity contribution is 0.0765. The van der Waals surface area contributed by atoms with Crippen LogP contribution in [0.4, 0.5) is 5.82 Å². The third kappa shape index (κ3) is 3.17. The van der Waals surface area contributed by atoms with E-state index >= 15 is 0 Å². The lowest BCUT2D eigenvalue weighted by Crippen LogP contribution is -2.13. The molecule has 1 aliphatic carbocycles.